The van der Waals surface area contributed by atoms with Gasteiger partial charge in [0, 0.05) is 58.5 Å². The van der Waals surface area contributed by atoms with Crippen molar-refractivity contribution in [3.8, 4) is 0 Å². The van der Waals surface area contributed by atoms with E-state index in [1.54, 1.807) is 41.1 Å². The number of carbonyl (C=O) groups excluding carboxylic acids is 5. The molecule has 4 aliphatic rings. The summed E-state index contributed by atoms with van der Waals surface area (Å²) in [6, 6.07) is -1.13. The quantitative estimate of drug-likeness (QED) is 0.151. The van der Waals surface area contributed by atoms with Gasteiger partial charge in [0.1, 0.15) is 30.1 Å². The van der Waals surface area contributed by atoms with Gasteiger partial charge in [0.2, 0.25) is 5.79 Å². The van der Waals surface area contributed by atoms with Crippen molar-refractivity contribution in [3.05, 3.63) is 35.5 Å². The predicted octanol–water partition coefficient (Wildman–Crippen LogP) is 6.40. The van der Waals surface area contributed by atoms with Crippen molar-refractivity contribution in [3.63, 3.8) is 0 Å². The fourth-order valence-corrected chi connectivity index (χ4v) is 10.4. The molecule has 0 aromatic carbocycles. The van der Waals surface area contributed by atoms with Gasteiger partial charge in [-0.1, -0.05) is 58.9 Å². The van der Waals surface area contributed by atoms with Crippen molar-refractivity contribution in [1.82, 2.24) is 4.90 Å². The molecule has 1 amide bonds. The number of aliphatic hydroxyl groups excluding tert-OH is 2. The largest absolute Gasteiger partial charge is 0.460 e. The van der Waals surface area contributed by atoms with Gasteiger partial charge in [-0.15, -0.1) is 0 Å². The van der Waals surface area contributed by atoms with Crippen LogP contribution in [-0.4, -0.2) is 132 Å². The fourth-order valence-electron chi connectivity index (χ4n) is 10.4. The van der Waals surface area contributed by atoms with Crippen molar-refractivity contribution in [2.24, 2.45) is 35.5 Å². The number of piperidine rings is 1. The standard InChI is InChI=1S/C51H81NO13/c1-30-16-12-11-13-17-31(2)42(61-8)28-38-21-19-36(7)51(60,65-38)48(57)49(58)52-23-15-14-18-39(52)50(59)64-43(33(4)26-37-20-22-40(53)44(27-37)62-9)29-41(54)32(3)25-35(6)46(56)47(63-10)45(55)34(5)24-30/h11,13,17,25,30,32-34,36-40,42-44,46-47,53,56,60H,12,14-16,18-24,26-29H2,1-10H3/b13-11-,31-17+,35-25-/t30-,32-,33-,34-,36-,37+,38+,39+,40-,42+,43+,44-,46?,47+,51-/m1/s1. The zero-order chi connectivity index (χ0) is 48.2. The van der Waals surface area contributed by atoms with Gasteiger partial charge >= 0.3 is 5.97 Å². The second kappa shape index (κ2) is 25.3. The van der Waals surface area contributed by atoms with E-state index in [1.165, 1.54) is 12.0 Å². The number of methoxy groups -OCH3 is 3. The summed E-state index contributed by atoms with van der Waals surface area (Å²) < 4.78 is 29.4. The summed E-state index contributed by atoms with van der Waals surface area (Å²) in [6.07, 6.45) is 9.47. The van der Waals surface area contributed by atoms with Crippen LogP contribution in [-0.2, 0) is 47.7 Å². The molecule has 3 N–H and O–H groups in total. The van der Waals surface area contributed by atoms with E-state index in [9.17, 15) is 39.3 Å². The number of rotatable bonds is 6. The molecular formula is C51H81NO13. The highest BCUT2D eigenvalue weighted by Crippen LogP contribution is 2.38. The van der Waals surface area contributed by atoms with Gasteiger partial charge in [0.25, 0.3) is 11.7 Å². The second-order valence-corrected chi connectivity index (χ2v) is 20.0. The van der Waals surface area contributed by atoms with Gasteiger partial charge in [0.05, 0.1) is 24.4 Å². The summed E-state index contributed by atoms with van der Waals surface area (Å²) in [4.78, 5) is 71.8. The average Bonchev–Trinajstić information content (AvgIpc) is 3.28. The SMILES string of the molecule is CO[C@H]1C[C@@H]2CC[C@@H](C)[C@@](O)(O2)C(=O)C(=O)N2CCCC[C@H]2C(=O)O[C@H]([C@H](C)C[C@@H]2CC[C@@H](O)[C@H](OC)C2)CC(=O)[C@H](C)/C=C(/C)C(O)[C@@H](OC)C(=O)[C@H](C)C[C@H](C)CC/C=C\C=C\1C. The van der Waals surface area contributed by atoms with Crippen molar-refractivity contribution >= 4 is 29.2 Å². The lowest BCUT2D eigenvalue weighted by atomic mass is 9.78. The van der Waals surface area contributed by atoms with E-state index in [2.05, 4.69) is 13.0 Å². The minimum atomic E-state index is -2.42. The number of cyclic esters (lactones) is 1. The molecule has 4 rings (SSSR count). The fraction of sp³-hybridized carbons (Fsp3) is 0.784. The van der Waals surface area contributed by atoms with Crippen LogP contribution in [0.2, 0.25) is 0 Å². The van der Waals surface area contributed by atoms with E-state index in [4.69, 9.17) is 23.7 Å². The third kappa shape index (κ3) is 14.4. The maximum atomic E-state index is 14.4. The molecule has 0 aromatic heterocycles. The lowest BCUT2D eigenvalue weighted by Gasteiger charge is -2.42. The summed E-state index contributed by atoms with van der Waals surface area (Å²) in [7, 11) is 4.55. The highest BCUT2D eigenvalue weighted by atomic mass is 16.6. The van der Waals surface area contributed by atoms with E-state index >= 15 is 0 Å². The number of ketones is 3. The van der Waals surface area contributed by atoms with Crippen LogP contribution in [0.5, 0.6) is 0 Å². The lowest BCUT2D eigenvalue weighted by molar-refractivity contribution is -0.265. The number of ether oxygens (including phenoxy) is 5. The number of nitrogens with zero attached hydrogens (tertiary/aromatic N) is 1. The number of hydrogen-bond acceptors (Lipinski definition) is 13. The van der Waals surface area contributed by atoms with Crippen LogP contribution in [0, 0.1) is 35.5 Å². The number of carbonyl (C=O) groups is 5. The Labute approximate surface area is 387 Å². The predicted molar refractivity (Wildman–Crippen MR) is 245 cm³/mol. The molecule has 3 heterocycles. The van der Waals surface area contributed by atoms with Crippen LogP contribution in [0.3, 0.4) is 0 Å². The van der Waals surface area contributed by atoms with Gasteiger partial charge in [0.15, 0.2) is 5.78 Å². The number of esters is 1. The van der Waals surface area contributed by atoms with Crippen LogP contribution in [0.25, 0.3) is 0 Å². The van der Waals surface area contributed by atoms with Gasteiger partial charge in [-0.05, 0) is 120 Å². The highest BCUT2D eigenvalue weighted by molar-refractivity contribution is 6.39. The summed E-state index contributed by atoms with van der Waals surface area (Å²) in [5.41, 5.74) is 1.31. The molecule has 0 spiro atoms. The Bertz CT molecular complexity index is 1710. The Morgan fingerprint density at radius 3 is 2.26 bits per heavy atom. The minimum absolute atomic E-state index is 0.0928. The lowest BCUT2D eigenvalue weighted by Crippen LogP contribution is -2.61. The normalized spacial score (nSPS) is 40.2. The number of amides is 1. The Hall–Kier alpha value is -3.11. The molecule has 368 valence electrons. The Morgan fingerprint density at radius 1 is 0.862 bits per heavy atom. The zero-order valence-electron chi connectivity index (χ0n) is 40.9. The van der Waals surface area contributed by atoms with Crippen LogP contribution in [0.4, 0.5) is 0 Å². The molecule has 0 aromatic rings. The number of fused-ring (bicyclic) bond motifs is 3. The van der Waals surface area contributed by atoms with Crippen LogP contribution < -0.4 is 0 Å². The van der Waals surface area contributed by atoms with E-state index < -0.39 is 83.9 Å². The Morgan fingerprint density at radius 2 is 1.58 bits per heavy atom. The molecule has 14 nitrogen and oxygen atoms in total. The molecule has 0 radical (unpaired) electrons. The molecule has 15 atom stereocenters. The molecule has 2 saturated heterocycles. The molecule has 3 fully saturated rings. The maximum absolute atomic E-state index is 14.4. The maximum Gasteiger partial charge on any atom is 0.329 e. The van der Waals surface area contributed by atoms with Gasteiger partial charge < -0.3 is 43.9 Å². The third-order valence-corrected chi connectivity index (χ3v) is 14.8. The minimum Gasteiger partial charge on any atom is -0.460 e. The summed E-state index contributed by atoms with van der Waals surface area (Å²) in [5.74, 6) is -7.63. The first-order chi connectivity index (χ1) is 30.7. The summed E-state index contributed by atoms with van der Waals surface area (Å²) >= 11 is 0. The van der Waals surface area contributed by atoms with Crippen LogP contribution in [0.1, 0.15) is 138 Å². The molecule has 65 heavy (non-hydrogen) atoms. The Balaban J connectivity index is 1.69. The topological polar surface area (TPSA) is 195 Å². The molecule has 1 saturated carbocycles. The molecule has 1 aliphatic carbocycles. The molecule has 3 aliphatic heterocycles. The monoisotopic (exact) mass is 916 g/mol. The van der Waals surface area contributed by atoms with E-state index in [-0.39, 0.29) is 54.8 Å². The number of hydrogen-bond donors (Lipinski definition) is 3. The van der Waals surface area contributed by atoms with E-state index in [1.807, 2.05) is 32.9 Å². The number of aliphatic hydroxyl groups is 3. The smallest absolute Gasteiger partial charge is 0.329 e. The summed E-state index contributed by atoms with van der Waals surface area (Å²) in [6.45, 7) is 12.9. The first-order valence-electron chi connectivity index (χ1n) is 24.2. The number of Topliss-reactive ketones (excluding diaryl/α,β-unsaturated/α-hetero) is 3. The van der Waals surface area contributed by atoms with Gasteiger partial charge in [-0.2, -0.15) is 0 Å². The van der Waals surface area contributed by atoms with E-state index in [0.29, 0.717) is 63.4 Å². The second-order valence-electron chi connectivity index (χ2n) is 20.0. The van der Waals surface area contributed by atoms with Crippen LogP contribution >= 0.6 is 0 Å². The Kier molecular flexibility index (Phi) is 21.2. The van der Waals surface area contributed by atoms with E-state index in [0.717, 1.165) is 24.8 Å². The van der Waals surface area contributed by atoms with Crippen molar-refractivity contribution in [2.75, 3.05) is 27.9 Å². The first kappa shape index (κ1) is 54.5. The summed E-state index contributed by atoms with van der Waals surface area (Å²) in [5, 5.41) is 33.9. The van der Waals surface area contributed by atoms with Crippen molar-refractivity contribution in [1.29, 1.82) is 0 Å². The van der Waals surface area contributed by atoms with Crippen molar-refractivity contribution in [2.45, 2.75) is 193 Å². The molecular weight excluding hydrogens is 835 g/mol. The number of allylic oxidation sites excluding steroid dienone is 4. The highest BCUT2D eigenvalue weighted by Gasteiger charge is 2.53. The third-order valence-electron chi connectivity index (χ3n) is 14.8. The van der Waals surface area contributed by atoms with Crippen molar-refractivity contribution < 1.29 is 63.0 Å². The molecule has 14 heteroatoms. The average molecular weight is 916 g/mol. The zero-order valence-corrected chi connectivity index (χ0v) is 40.9. The van der Waals surface area contributed by atoms with Gasteiger partial charge in [-0.3, -0.25) is 19.2 Å². The van der Waals surface area contributed by atoms with Gasteiger partial charge in [-0.25, -0.2) is 4.79 Å². The molecule has 1 unspecified atom stereocenters. The first-order valence-corrected chi connectivity index (χ1v) is 24.2. The molecule has 2 bridgehead atoms. The van der Waals surface area contributed by atoms with Crippen LogP contribution in [0.15, 0.2) is 35.5 Å².